The summed E-state index contributed by atoms with van der Waals surface area (Å²) in [7, 11) is 0. The van der Waals surface area contributed by atoms with Crippen LogP contribution in [0.25, 0.3) is 0 Å². The lowest BCUT2D eigenvalue weighted by molar-refractivity contribution is 0.199. The molecular formula is C16H29N5. The highest BCUT2D eigenvalue weighted by molar-refractivity contribution is 5.59. The zero-order chi connectivity index (χ0) is 15.2. The number of piperazine rings is 1. The number of aromatic nitrogens is 2. The molecule has 1 aliphatic heterocycles. The summed E-state index contributed by atoms with van der Waals surface area (Å²) in [6.07, 6.45) is 3.84. The van der Waals surface area contributed by atoms with E-state index in [9.17, 15) is 0 Å². The average molecular weight is 291 g/mol. The second-order valence-corrected chi connectivity index (χ2v) is 5.73. The van der Waals surface area contributed by atoms with Crippen molar-refractivity contribution < 1.29 is 0 Å². The molecule has 0 radical (unpaired) electrons. The molecule has 2 rings (SSSR count). The zero-order valence-electron chi connectivity index (χ0n) is 13.9. The number of hydrogen-bond acceptors (Lipinski definition) is 5. The van der Waals surface area contributed by atoms with E-state index in [0.29, 0.717) is 6.04 Å². The number of nitrogens with one attached hydrogen (secondary N) is 1. The second-order valence-electron chi connectivity index (χ2n) is 5.73. The van der Waals surface area contributed by atoms with Gasteiger partial charge in [0.1, 0.15) is 18.0 Å². The Labute approximate surface area is 128 Å². The predicted octanol–water partition coefficient (Wildman–Crippen LogP) is 2.39. The van der Waals surface area contributed by atoms with E-state index in [2.05, 4.69) is 52.8 Å². The van der Waals surface area contributed by atoms with E-state index in [0.717, 1.165) is 57.2 Å². The van der Waals surface area contributed by atoms with E-state index >= 15 is 0 Å². The molecule has 1 aromatic rings. The molecule has 1 aromatic heterocycles. The largest absolute Gasteiger partial charge is 0.370 e. The van der Waals surface area contributed by atoms with Crippen LogP contribution in [-0.2, 0) is 6.42 Å². The fourth-order valence-electron chi connectivity index (χ4n) is 3.13. The molecule has 5 heteroatoms. The van der Waals surface area contributed by atoms with Gasteiger partial charge in [-0.05, 0) is 26.8 Å². The van der Waals surface area contributed by atoms with Gasteiger partial charge in [-0.3, -0.25) is 4.90 Å². The van der Waals surface area contributed by atoms with Crippen LogP contribution in [0.2, 0.25) is 0 Å². The van der Waals surface area contributed by atoms with Crippen LogP contribution in [0.5, 0.6) is 0 Å². The van der Waals surface area contributed by atoms with Gasteiger partial charge in [-0.2, -0.15) is 0 Å². The molecular weight excluding hydrogens is 262 g/mol. The van der Waals surface area contributed by atoms with Crippen molar-refractivity contribution >= 4 is 11.6 Å². The second kappa shape index (κ2) is 7.59. The van der Waals surface area contributed by atoms with Crippen molar-refractivity contribution in [3.8, 4) is 0 Å². The quantitative estimate of drug-likeness (QED) is 0.872. The van der Waals surface area contributed by atoms with Gasteiger partial charge in [0.05, 0.1) is 0 Å². The van der Waals surface area contributed by atoms with Gasteiger partial charge in [0.2, 0.25) is 0 Å². The normalized spacial score (nSPS) is 19.8. The molecule has 1 N–H and O–H groups in total. The van der Waals surface area contributed by atoms with Crippen molar-refractivity contribution in [1.82, 2.24) is 14.9 Å². The topological polar surface area (TPSA) is 44.3 Å². The van der Waals surface area contributed by atoms with Gasteiger partial charge in [0.15, 0.2) is 0 Å². The Hall–Kier alpha value is -1.36. The van der Waals surface area contributed by atoms with Crippen LogP contribution in [0.3, 0.4) is 0 Å². The van der Waals surface area contributed by atoms with Gasteiger partial charge in [0, 0.05) is 37.8 Å². The molecule has 21 heavy (non-hydrogen) atoms. The molecule has 0 amide bonds. The highest BCUT2D eigenvalue weighted by Crippen LogP contribution is 2.26. The summed E-state index contributed by atoms with van der Waals surface area (Å²) in [6.45, 7) is 14.1. The van der Waals surface area contributed by atoms with E-state index in [4.69, 9.17) is 0 Å². The molecule has 0 aliphatic carbocycles. The number of nitrogens with zero attached hydrogens (tertiary/aromatic N) is 4. The third-order valence-corrected chi connectivity index (χ3v) is 4.24. The average Bonchev–Trinajstić information content (AvgIpc) is 2.49. The smallest absolute Gasteiger partial charge is 0.137 e. The molecule has 1 saturated heterocycles. The van der Waals surface area contributed by atoms with Crippen LogP contribution in [0.1, 0.15) is 39.7 Å². The minimum Gasteiger partial charge on any atom is -0.370 e. The summed E-state index contributed by atoms with van der Waals surface area (Å²) >= 11 is 0. The van der Waals surface area contributed by atoms with Crippen molar-refractivity contribution in [1.29, 1.82) is 0 Å². The molecule has 0 saturated carbocycles. The monoisotopic (exact) mass is 291 g/mol. The molecule has 1 unspecified atom stereocenters. The van der Waals surface area contributed by atoms with E-state index < -0.39 is 0 Å². The third kappa shape index (κ3) is 3.64. The Morgan fingerprint density at radius 1 is 1.24 bits per heavy atom. The summed E-state index contributed by atoms with van der Waals surface area (Å²) in [4.78, 5) is 14.0. The molecule has 2 heterocycles. The molecule has 118 valence electrons. The van der Waals surface area contributed by atoms with Crippen LogP contribution in [-0.4, -0.2) is 53.6 Å². The van der Waals surface area contributed by atoms with Gasteiger partial charge in [-0.25, -0.2) is 9.97 Å². The van der Waals surface area contributed by atoms with Gasteiger partial charge < -0.3 is 10.2 Å². The van der Waals surface area contributed by atoms with Crippen LogP contribution >= 0.6 is 0 Å². The standard InChI is InChI=1S/C16H29N5/c1-5-8-14-15(17-6-2)18-12-19-16(14)21-10-9-20(7-3)13(4)11-21/h12-13H,5-11H2,1-4H3,(H,17,18,19). The van der Waals surface area contributed by atoms with Crippen LogP contribution in [0, 0.1) is 0 Å². The molecule has 1 fully saturated rings. The fourth-order valence-corrected chi connectivity index (χ4v) is 3.13. The maximum atomic E-state index is 4.61. The molecule has 0 aromatic carbocycles. The molecule has 0 bridgehead atoms. The minimum absolute atomic E-state index is 0.579. The highest BCUT2D eigenvalue weighted by atomic mass is 15.3. The third-order valence-electron chi connectivity index (χ3n) is 4.24. The summed E-state index contributed by atoms with van der Waals surface area (Å²) in [5, 5.41) is 3.38. The van der Waals surface area contributed by atoms with Crippen LogP contribution < -0.4 is 10.2 Å². The first-order chi connectivity index (χ1) is 10.2. The maximum absolute atomic E-state index is 4.61. The van der Waals surface area contributed by atoms with E-state index in [1.165, 1.54) is 5.56 Å². The number of hydrogen-bond donors (Lipinski definition) is 1. The van der Waals surface area contributed by atoms with E-state index in [-0.39, 0.29) is 0 Å². The Bertz CT molecular complexity index is 448. The fraction of sp³-hybridized carbons (Fsp3) is 0.750. The van der Waals surface area contributed by atoms with Gasteiger partial charge >= 0.3 is 0 Å². The Balaban J connectivity index is 2.24. The van der Waals surface area contributed by atoms with Crippen molar-refractivity contribution in [2.45, 2.75) is 46.6 Å². The number of rotatable bonds is 6. The van der Waals surface area contributed by atoms with Gasteiger partial charge in [0.25, 0.3) is 0 Å². The number of likely N-dealkylation sites (N-methyl/N-ethyl adjacent to an activating group) is 1. The zero-order valence-corrected chi connectivity index (χ0v) is 13.9. The first-order valence-corrected chi connectivity index (χ1v) is 8.27. The van der Waals surface area contributed by atoms with Crippen molar-refractivity contribution in [2.24, 2.45) is 0 Å². The lowest BCUT2D eigenvalue weighted by Gasteiger charge is -2.40. The Morgan fingerprint density at radius 2 is 2.05 bits per heavy atom. The van der Waals surface area contributed by atoms with Gasteiger partial charge in [-0.1, -0.05) is 20.3 Å². The lowest BCUT2D eigenvalue weighted by Crippen LogP contribution is -2.52. The molecule has 5 nitrogen and oxygen atoms in total. The van der Waals surface area contributed by atoms with Crippen molar-refractivity contribution in [3.63, 3.8) is 0 Å². The molecule has 1 atom stereocenters. The molecule has 1 aliphatic rings. The minimum atomic E-state index is 0.579. The van der Waals surface area contributed by atoms with Crippen molar-refractivity contribution in [2.75, 3.05) is 42.9 Å². The highest BCUT2D eigenvalue weighted by Gasteiger charge is 2.25. The Morgan fingerprint density at radius 3 is 2.67 bits per heavy atom. The van der Waals surface area contributed by atoms with Crippen LogP contribution in [0.4, 0.5) is 11.6 Å². The Kier molecular flexibility index (Phi) is 5.79. The first-order valence-electron chi connectivity index (χ1n) is 8.27. The first kappa shape index (κ1) is 16.0. The van der Waals surface area contributed by atoms with Crippen LogP contribution in [0.15, 0.2) is 6.33 Å². The summed E-state index contributed by atoms with van der Waals surface area (Å²) in [5.41, 5.74) is 1.28. The summed E-state index contributed by atoms with van der Waals surface area (Å²) in [5.74, 6) is 2.14. The summed E-state index contributed by atoms with van der Waals surface area (Å²) in [6, 6.07) is 0.579. The van der Waals surface area contributed by atoms with Gasteiger partial charge in [-0.15, -0.1) is 0 Å². The van der Waals surface area contributed by atoms with E-state index in [1.54, 1.807) is 6.33 Å². The molecule has 0 spiro atoms. The maximum Gasteiger partial charge on any atom is 0.137 e. The van der Waals surface area contributed by atoms with E-state index in [1.807, 2.05) is 0 Å². The SMILES string of the molecule is CCCc1c(NCC)ncnc1N1CCN(CC)C(C)C1. The van der Waals surface area contributed by atoms with Crippen molar-refractivity contribution in [3.05, 3.63) is 11.9 Å². The summed E-state index contributed by atoms with van der Waals surface area (Å²) < 4.78 is 0. The lowest BCUT2D eigenvalue weighted by atomic mass is 10.1. The number of anilines is 2. The predicted molar refractivity (Wildman–Crippen MR) is 89.1 cm³/mol.